The summed E-state index contributed by atoms with van der Waals surface area (Å²) in [7, 11) is 0. The average Bonchev–Trinajstić information content (AvgIpc) is 2.91. The maximum absolute atomic E-state index is 12.0. The van der Waals surface area contributed by atoms with Crippen molar-refractivity contribution in [2.45, 2.75) is 56.7 Å². The van der Waals surface area contributed by atoms with Crippen LogP contribution in [0.5, 0.6) is 0 Å². The number of nitrogens with zero attached hydrogens (tertiary/aromatic N) is 5. The molecule has 23 heavy (non-hydrogen) atoms. The predicted octanol–water partition coefficient (Wildman–Crippen LogP) is -0.441. The van der Waals surface area contributed by atoms with Gasteiger partial charge in [-0.15, -0.1) is 5.10 Å². The van der Waals surface area contributed by atoms with Crippen LogP contribution in [0.3, 0.4) is 0 Å². The number of hydrogen-bond acceptors (Lipinski definition) is 6. The van der Waals surface area contributed by atoms with Crippen molar-refractivity contribution in [1.29, 1.82) is 0 Å². The molecule has 0 bridgehead atoms. The number of carbonyl (C=O) groups excluding carboxylic acids is 1. The van der Waals surface area contributed by atoms with Crippen molar-refractivity contribution in [3.63, 3.8) is 0 Å². The van der Waals surface area contributed by atoms with Crippen LogP contribution < -0.4 is 5.32 Å². The van der Waals surface area contributed by atoms with E-state index in [9.17, 15) is 9.90 Å². The van der Waals surface area contributed by atoms with Crippen LogP contribution >= 0.6 is 0 Å². The molecule has 2 aliphatic carbocycles. The Labute approximate surface area is 135 Å². The van der Waals surface area contributed by atoms with Gasteiger partial charge in [-0.3, -0.25) is 4.79 Å². The third-order valence-electron chi connectivity index (χ3n) is 5.88. The lowest BCUT2D eigenvalue weighted by Gasteiger charge is -2.43. The van der Waals surface area contributed by atoms with Gasteiger partial charge in [-0.2, -0.15) is 0 Å². The lowest BCUT2D eigenvalue weighted by molar-refractivity contribution is -0.122. The highest BCUT2D eigenvalue weighted by Crippen LogP contribution is 2.54. The fraction of sp³-hybridized carbons (Fsp3) is 0.867. The quantitative estimate of drug-likeness (QED) is 0.763. The molecule has 1 amide bonds. The van der Waals surface area contributed by atoms with E-state index < -0.39 is 5.60 Å². The zero-order valence-electron chi connectivity index (χ0n) is 13.3. The van der Waals surface area contributed by atoms with E-state index in [1.54, 1.807) is 0 Å². The molecule has 8 nitrogen and oxygen atoms in total. The van der Waals surface area contributed by atoms with Crippen molar-refractivity contribution in [1.82, 2.24) is 30.4 Å². The second kappa shape index (κ2) is 5.52. The summed E-state index contributed by atoms with van der Waals surface area (Å²) in [6.07, 6.45) is 7.80. The maximum atomic E-state index is 12.0. The molecule has 1 atom stereocenters. The fourth-order valence-electron chi connectivity index (χ4n) is 4.06. The Morgan fingerprint density at radius 3 is 2.70 bits per heavy atom. The number of rotatable bonds is 5. The largest absolute Gasteiger partial charge is 0.389 e. The topological polar surface area (TPSA) is 96.2 Å². The van der Waals surface area contributed by atoms with E-state index in [4.69, 9.17) is 0 Å². The van der Waals surface area contributed by atoms with Crippen LogP contribution in [0.4, 0.5) is 0 Å². The first-order chi connectivity index (χ1) is 11.1. The second-order valence-corrected chi connectivity index (χ2v) is 7.55. The van der Waals surface area contributed by atoms with Crippen LogP contribution in [0, 0.1) is 5.41 Å². The highest BCUT2D eigenvalue weighted by Gasteiger charge is 2.55. The molecule has 3 fully saturated rings. The van der Waals surface area contributed by atoms with E-state index in [2.05, 4.69) is 25.7 Å². The number of nitrogens with one attached hydrogen (secondary N) is 1. The summed E-state index contributed by atoms with van der Waals surface area (Å²) in [5.74, 6) is -0.0228. The molecule has 2 heterocycles. The zero-order valence-corrected chi connectivity index (χ0v) is 13.3. The number of amides is 1. The van der Waals surface area contributed by atoms with Crippen molar-refractivity contribution < 1.29 is 9.90 Å². The number of tetrazole rings is 1. The van der Waals surface area contributed by atoms with Crippen molar-refractivity contribution in [2.75, 3.05) is 19.6 Å². The van der Waals surface area contributed by atoms with Crippen LogP contribution in [0.15, 0.2) is 6.33 Å². The summed E-state index contributed by atoms with van der Waals surface area (Å²) >= 11 is 0. The molecular formula is C15H24N6O2. The Bertz CT molecular complexity index is 563. The number of likely N-dealkylation sites (tertiary alicyclic amines) is 1. The fourth-order valence-corrected chi connectivity index (χ4v) is 4.06. The van der Waals surface area contributed by atoms with Crippen LogP contribution in [-0.2, 0) is 11.3 Å². The van der Waals surface area contributed by atoms with Gasteiger partial charge in [-0.1, -0.05) is 0 Å². The third kappa shape index (κ3) is 3.10. The molecule has 3 aliphatic rings. The van der Waals surface area contributed by atoms with Gasteiger partial charge in [0.25, 0.3) is 0 Å². The molecule has 1 saturated heterocycles. The van der Waals surface area contributed by atoms with E-state index in [1.807, 2.05) is 0 Å². The molecule has 1 unspecified atom stereocenters. The number of carbonyl (C=O) groups is 1. The molecular weight excluding hydrogens is 296 g/mol. The summed E-state index contributed by atoms with van der Waals surface area (Å²) in [5, 5.41) is 24.2. The first-order valence-corrected chi connectivity index (χ1v) is 8.52. The highest BCUT2D eigenvalue weighted by atomic mass is 16.3. The van der Waals surface area contributed by atoms with Gasteiger partial charge in [0.15, 0.2) is 0 Å². The Kier molecular flexibility index (Phi) is 3.60. The number of β-amino-alcohol motifs (C(OH)–C–C–N with tert-alkyl or cyclic N) is 1. The van der Waals surface area contributed by atoms with Gasteiger partial charge < -0.3 is 15.3 Å². The minimum absolute atomic E-state index is 0.0228. The Balaban J connectivity index is 1.22. The second-order valence-electron chi connectivity index (χ2n) is 7.55. The van der Waals surface area contributed by atoms with Crippen molar-refractivity contribution in [3.05, 3.63) is 6.33 Å². The van der Waals surface area contributed by atoms with Gasteiger partial charge in [0.2, 0.25) is 5.91 Å². The van der Waals surface area contributed by atoms with Gasteiger partial charge in [-0.05, 0) is 67.5 Å². The molecule has 0 radical (unpaired) electrons. The average molecular weight is 320 g/mol. The van der Waals surface area contributed by atoms with Crippen molar-refractivity contribution >= 4 is 5.91 Å². The first kappa shape index (κ1) is 15.0. The lowest BCUT2D eigenvalue weighted by atomic mass is 9.79. The number of aliphatic hydroxyl groups is 1. The molecule has 1 aliphatic heterocycles. The van der Waals surface area contributed by atoms with Crippen LogP contribution in [0.2, 0.25) is 0 Å². The van der Waals surface area contributed by atoms with E-state index in [-0.39, 0.29) is 17.9 Å². The summed E-state index contributed by atoms with van der Waals surface area (Å²) in [6, 6.07) is 0.292. The first-order valence-electron chi connectivity index (χ1n) is 8.52. The summed E-state index contributed by atoms with van der Waals surface area (Å²) in [4.78, 5) is 14.4. The van der Waals surface area contributed by atoms with E-state index in [0.717, 1.165) is 58.2 Å². The van der Waals surface area contributed by atoms with Crippen molar-refractivity contribution in [3.8, 4) is 0 Å². The number of hydrogen-bond donors (Lipinski definition) is 2. The third-order valence-corrected chi connectivity index (χ3v) is 5.88. The smallest absolute Gasteiger partial charge is 0.242 e. The molecule has 8 heteroatoms. The molecule has 4 rings (SSSR count). The SMILES string of the molecule is O=C(Cn1cnnn1)NC1CC12CCN(CC1(O)CCC1)CC2. The highest BCUT2D eigenvalue weighted by molar-refractivity contribution is 5.76. The van der Waals surface area contributed by atoms with Crippen LogP contribution in [-0.4, -0.2) is 67.4 Å². The standard InChI is InChI=1S/C15H24N6O2/c22-13(9-21-11-16-18-19-21)17-12-8-14(12)4-6-20(7-5-14)10-15(23)2-1-3-15/h11-12,23H,1-10H2,(H,17,22). The molecule has 2 saturated carbocycles. The Morgan fingerprint density at radius 1 is 1.30 bits per heavy atom. The summed E-state index contributed by atoms with van der Waals surface area (Å²) in [6.45, 7) is 3.06. The Morgan fingerprint density at radius 2 is 2.09 bits per heavy atom. The molecule has 1 spiro atoms. The van der Waals surface area contributed by atoms with E-state index in [1.165, 1.54) is 11.0 Å². The molecule has 2 N–H and O–H groups in total. The van der Waals surface area contributed by atoms with Crippen LogP contribution in [0.25, 0.3) is 0 Å². The van der Waals surface area contributed by atoms with Gasteiger partial charge in [0, 0.05) is 12.6 Å². The van der Waals surface area contributed by atoms with E-state index >= 15 is 0 Å². The normalized spacial score (nSPS) is 28.3. The summed E-state index contributed by atoms with van der Waals surface area (Å²) in [5.41, 5.74) is -0.136. The van der Waals surface area contributed by atoms with E-state index in [0.29, 0.717) is 6.04 Å². The Hall–Kier alpha value is -1.54. The van der Waals surface area contributed by atoms with Crippen molar-refractivity contribution in [2.24, 2.45) is 5.41 Å². The predicted molar refractivity (Wildman–Crippen MR) is 81.3 cm³/mol. The van der Waals surface area contributed by atoms with Crippen LogP contribution in [0.1, 0.15) is 38.5 Å². The number of piperidine rings is 1. The molecule has 1 aromatic heterocycles. The van der Waals surface area contributed by atoms with Gasteiger partial charge in [0.1, 0.15) is 12.9 Å². The lowest BCUT2D eigenvalue weighted by Crippen LogP contribution is -2.50. The minimum atomic E-state index is -0.423. The zero-order chi connectivity index (χ0) is 15.9. The minimum Gasteiger partial charge on any atom is -0.389 e. The molecule has 0 aromatic carbocycles. The monoisotopic (exact) mass is 320 g/mol. The van der Waals surface area contributed by atoms with Gasteiger partial charge >= 0.3 is 0 Å². The summed E-state index contributed by atoms with van der Waals surface area (Å²) < 4.78 is 1.44. The van der Waals surface area contributed by atoms with Gasteiger partial charge in [-0.25, -0.2) is 4.68 Å². The van der Waals surface area contributed by atoms with Gasteiger partial charge in [0.05, 0.1) is 5.60 Å². The maximum Gasteiger partial charge on any atom is 0.242 e. The molecule has 126 valence electrons. The molecule has 1 aromatic rings. The number of aromatic nitrogens is 4.